The molecule has 4 rings (SSSR count). The number of para-hydroxylation sites is 2. The van der Waals surface area contributed by atoms with Crippen molar-refractivity contribution < 1.29 is 0 Å². The number of hydrogen-bond donors (Lipinski definition) is 3. The summed E-state index contributed by atoms with van der Waals surface area (Å²) in [5.41, 5.74) is 5.48. The van der Waals surface area contributed by atoms with Crippen molar-refractivity contribution in [1.82, 2.24) is 15.0 Å². The lowest BCUT2D eigenvalue weighted by atomic mass is 10.2. The lowest BCUT2D eigenvalue weighted by molar-refractivity contribution is 1.04. The summed E-state index contributed by atoms with van der Waals surface area (Å²) in [5.74, 6) is 1.07. The average molecular weight is 416 g/mol. The first kappa shape index (κ1) is 19.4. The van der Waals surface area contributed by atoms with Crippen LogP contribution in [0.5, 0.6) is 0 Å². The van der Waals surface area contributed by atoms with E-state index < -0.39 is 0 Å². The molecule has 0 bridgehead atoms. The van der Waals surface area contributed by atoms with Gasteiger partial charge in [-0.15, -0.1) is 0 Å². The van der Waals surface area contributed by atoms with E-state index in [1.54, 1.807) is 18.3 Å². The number of benzene rings is 3. The highest BCUT2D eigenvalue weighted by atomic mass is 35.5. The first-order valence-electron chi connectivity index (χ1n) is 9.19. The second-order valence-corrected chi connectivity index (χ2v) is 6.65. The summed E-state index contributed by atoms with van der Waals surface area (Å²) in [7, 11) is 0. The van der Waals surface area contributed by atoms with Gasteiger partial charge in [0.1, 0.15) is 0 Å². The van der Waals surface area contributed by atoms with E-state index in [0.29, 0.717) is 22.9 Å². The van der Waals surface area contributed by atoms with Gasteiger partial charge in [-0.25, -0.2) is 5.43 Å². The fourth-order valence-electron chi connectivity index (χ4n) is 2.55. The van der Waals surface area contributed by atoms with E-state index in [9.17, 15) is 0 Å². The Morgan fingerprint density at radius 3 is 1.67 bits per heavy atom. The van der Waals surface area contributed by atoms with E-state index in [-0.39, 0.29) is 0 Å². The molecule has 0 saturated heterocycles. The van der Waals surface area contributed by atoms with Gasteiger partial charge in [0.25, 0.3) is 0 Å². The number of anilines is 5. The molecule has 0 radical (unpaired) electrons. The Balaban J connectivity index is 1.56. The van der Waals surface area contributed by atoms with E-state index in [1.165, 1.54) is 0 Å². The Bertz CT molecular complexity index is 1060. The molecule has 8 heteroatoms. The maximum absolute atomic E-state index is 5.91. The Hall–Kier alpha value is -3.97. The minimum absolute atomic E-state index is 0.298. The second kappa shape index (κ2) is 9.49. The van der Waals surface area contributed by atoms with Crippen LogP contribution >= 0.6 is 11.6 Å². The van der Waals surface area contributed by atoms with Crippen LogP contribution in [0.2, 0.25) is 5.02 Å². The molecule has 1 heterocycles. The van der Waals surface area contributed by atoms with E-state index in [1.807, 2.05) is 72.8 Å². The average Bonchev–Trinajstić information content (AvgIpc) is 2.76. The predicted octanol–water partition coefficient (Wildman–Crippen LogP) is 5.46. The van der Waals surface area contributed by atoms with Gasteiger partial charge in [0.05, 0.1) is 6.21 Å². The first-order valence-corrected chi connectivity index (χ1v) is 9.57. The molecule has 0 spiro atoms. The largest absolute Gasteiger partial charge is 0.324 e. The molecule has 0 fully saturated rings. The molecule has 4 aromatic rings. The highest BCUT2D eigenvalue weighted by Gasteiger charge is 2.07. The van der Waals surface area contributed by atoms with Crippen LogP contribution in [0.15, 0.2) is 90.0 Å². The minimum atomic E-state index is 0.298. The smallest absolute Gasteiger partial charge is 0.250 e. The number of nitrogens with one attached hydrogen (secondary N) is 3. The van der Waals surface area contributed by atoms with Crippen LogP contribution in [0.3, 0.4) is 0 Å². The van der Waals surface area contributed by atoms with Gasteiger partial charge in [-0.05, 0) is 42.0 Å². The van der Waals surface area contributed by atoms with Gasteiger partial charge >= 0.3 is 0 Å². The van der Waals surface area contributed by atoms with Crippen molar-refractivity contribution in [3.8, 4) is 0 Å². The zero-order valence-electron chi connectivity index (χ0n) is 15.8. The third-order valence-electron chi connectivity index (χ3n) is 3.94. The Morgan fingerprint density at radius 1 is 0.633 bits per heavy atom. The molecule has 0 atom stereocenters. The van der Waals surface area contributed by atoms with Crippen molar-refractivity contribution in [3.63, 3.8) is 0 Å². The summed E-state index contributed by atoms with van der Waals surface area (Å²) in [6, 6.07) is 26.7. The molecule has 0 unspecified atom stereocenters. The lowest BCUT2D eigenvalue weighted by Gasteiger charge is -2.10. The molecule has 0 aliphatic heterocycles. The predicted molar refractivity (Wildman–Crippen MR) is 122 cm³/mol. The van der Waals surface area contributed by atoms with Gasteiger partial charge in [0.15, 0.2) is 0 Å². The molecule has 0 amide bonds. The molecule has 7 nitrogen and oxygen atoms in total. The summed E-state index contributed by atoms with van der Waals surface area (Å²) in [5, 5.41) is 11.2. The van der Waals surface area contributed by atoms with Crippen LogP contribution in [0.1, 0.15) is 5.56 Å². The molecule has 0 saturated carbocycles. The van der Waals surface area contributed by atoms with Crippen LogP contribution in [-0.2, 0) is 0 Å². The second-order valence-electron chi connectivity index (χ2n) is 6.21. The summed E-state index contributed by atoms with van der Waals surface area (Å²) >= 11 is 5.91. The Labute approximate surface area is 178 Å². The summed E-state index contributed by atoms with van der Waals surface area (Å²) in [4.78, 5) is 13.2. The van der Waals surface area contributed by atoms with E-state index in [0.717, 1.165) is 16.9 Å². The molecule has 0 aliphatic carbocycles. The molecular formula is C22H18ClN7. The van der Waals surface area contributed by atoms with Crippen molar-refractivity contribution in [2.24, 2.45) is 5.10 Å². The zero-order chi connectivity index (χ0) is 20.6. The summed E-state index contributed by atoms with van der Waals surface area (Å²) < 4.78 is 0. The Morgan fingerprint density at radius 2 is 1.13 bits per heavy atom. The zero-order valence-corrected chi connectivity index (χ0v) is 16.6. The van der Waals surface area contributed by atoms with Crippen molar-refractivity contribution in [1.29, 1.82) is 0 Å². The van der Waals surface area contributed by atoms with Crippen molar-refractivity contribution in [2.45, 2.75) is 0 Å². The van der Waals surface area contributed by atoms with Crippen LogP contribution in [0, 0.1) is 0 Å². The molecule has 148 valence electrons. The van der Waals surface area contributed by atoms with Crippen LogP contribution in [-0.4, -0.2) is 21.2 Å². The van der Waals surface area contributed by atoms with Crippen LogP contribution < -0.4 is 16.1 Å². The van der Waals surface area contributed by atoms with E-state index >= 15 is 0 Å². The summed E-state index contributed by atoms with van der Waals surface area (Å²) in [6.45, 7) is 0. The third-order valence-corrected chi connectivity index (χ3v) is 4.20. The molecule has 1 aromatic heterocycles. The molecule has 3 N–H and O–H groups in total. The van der Waals surface area contributed by atoms with Crippen LogP contribution in [0.25, 0.3) is 0 Å². The molecule has 0 aliphatic rings. The maximum atomic E-state index is 5.91. The first-order chi connectivity index (χ1) is 14.7. The quantitative estimate of drug-likeness (QED) is 0.274. The highest BCUT2D eigenvalue weighted by molar-refractivity contribution is 6.30. The third kappa shape index (κ3) is 5.52. The molecule has 30 heavy (non-hydrogen) atoms. The van der Waals surface area contributed by atoms with Gasteiger partial charge in [0, 0.05) is 16.4 Å². The summed E-state index contributed by atoms with van der Waals surface area (Å²) in [6.07, 6.45) is 1.66. The van der Waals surface area contributed by atoms with Crippen molar-refractivity contribution in [2.75, 3.05) is 16.1 Å². The number of rotatable bonds is 7. The van der Waals surface area contributed by atoms with Gasteiger partial charge in [-0.2, -0.15) is 20.1 Å². The minimum Gasteiger partial charge on any atom is -0.324 e. The maximum Gasteiger partial charge on any atom is 0.250 e. The van der Waals surface area contributed by atoms with Crippen molar-refractivity contribution >= 4 is 47.0 Å². The number of aromatic nitrogens is 3. The van der Waals surface area contributed by atoms with Gasteiger partial charge in [0.2, 0.25) is 17.8 Å². The Kier molecular flexibility index (Phi) is 6.12. The standard InChI is InChI=1S/C22H18ClN7/c23-17-13-11-16(12-14-17)15-24-30-22-28-20(25-18-7-3-1-4-8-18)27-21(29-22)26-19-9-5-2-6-10-19/h1-15H,(H3,25,26,27,28,29,30)/b24-15+. The lowest BCUT2D eigenvalue weighted by Crippen LogP contribution is -2.07. The van der Waals surface area contributed by atoms with E-state index in [4.69, 9.17) is 11.6 Å². The SMILES string of the molecule is Clc1ccc(/C=N/Nc2nc(Nc3ccccc3)nc(Nc3ccccc3)n2)cc1. The van der Waals surface area contributed by atoms with E-state index in [2.05, 4.69) is 36.1 Å². The topological polar surface area (TPSA) is 87.1 Å². The number of hydrazone groups is 1. The number of nitrogens with zero attached hydrogens (tertiary/aromatic N) is 4. The molecular weight excluding hydrogens is 398 g/mol. The van der Waals surface area contributed by atoms with Gasteiger partial charge in [-0.1, -0.05) is 60.1 Å². The van der Waals surface area contributed by atoms with Gasteiger partial charge < -0.3 is 10.6 Å². The van der Waals surface area contributed by atoms with Gasteiger partial charge in [-0.3, -0.25) is 0 Å². The van der Waals surface area contributed by atoms with Crippen LogP contribution in [0.4, 0.5) is 29.2 Å². The number of hydrogen-bond acceptors (Lipinski definition) is 7. The fraction of sp³-hybridized carbons (Fsp3) is 0. The molecule has 3 aromatic carbocycles. The normalized spacial score (nSPS) is 10.7. The fourth-order valence-corrected chi connectivity index (χ4v) is 2.68. The highest BCUT2D eigenvalue weighted by Crippen LogP contribution is 2.18. The van der Waals surface area contributed by atoms with Crippen molar-refractivity contribution in [3.05, 3.63) is 95.5 Å². The number of halogens is 1. The monoisotopic (exact) mass is 415 g/mol.